The third-order valence-electron chi connectivity index (χ3n) is 5.98. The molecule has 2 aromatic heterocycles. The van der Waals surface area contributed by atoms with Crippen LogP contribution >= 0.6 is 22.9 Å². The summed E-state index contributed by atoms with van der Waals surface area (Å²) in [5, 5.41) is 6.94. The number of thiophene rings is 1. The van der Waals surface area contributed by atoms with Gasteiger partial charge in [-0.1, -0.05) is 35.4 Å². The van der Waals surface area contributed by atoms with Gasteiger partial charge in [-0.3, -0.25) is 4.79 Å². The van der Waals surface area contributed by atoms with Crippen molar-refractivity contribution in [3.05, 3.63) is 74.7 Å². The Balaban J connectivity index is 1.80. The molecule has 0 spiro atoms. The third kappa shape index (κ3) is 4.24. The molecule has 0 saturated carbocycles. The first-order chi connectivity index (χ1) is 16.3. The predicted molar refractivity (Wildman–Crippen MR) is 140 cm³/mol. The molecule has 34 heavy (non-hydrogen) atoms. The van der Waals surface area contributed by atoms with E-state index in [-0.39, 0.29) is 12.5 Å². The van der Waals surface area contributed by atoms with Crippen LogP contribution in [0.2, 0.25) is 5.02 Å². The maximum Gasteiger partial charge on any atom is 0.341 e. The van der Waals surface area contributed by atoms with E-state index in [1.807, 2.05) is 68.0 Å². The molecular formula is C27H27ClN2O3S. The van der Waals surface area contributed by atoms with E-state index in [1.165, 1.54) is 11.3 Å². The van der Waals surface area contributed by atoms with Gasteiger partial charge in [0.15, 0.2) is 0 Å². The van der Waals surface area contributed by atoms with Crippen LogP contribution in [0.5, 0.6) is 0 Å². The lowest BCUT2D eigenvalue weighted by Gasteiger charge is -2.12. The van der Waals surface area contributed by atoms with Gasteiger partial charge < -0.3 is 14.6 Å². The molecular weight excluding hydrogens is 468 g/mol. The van der Waals surface area contributed by atoms with Gasteiger partial charge in [0.2, 0.25) is 0 Å². The zero-order chi connectivity index (χ0) is 24.6. The standard InChI is InChI=1S/C27H27ClN2O3S/c1-6-30-22-11-9-18(28)13-20(22)17(5)24(30)25(31)29-26-23(27(32)33-7-2)21(14-34-26)19-10-8-15(3)12-16(19)4/h8-14H,6-7H2,1-5H3,(H,29,31). The first-order valence-electron chi connectivity index (χ1n) is 11.2. The van der Waals surface area contributed by atoms with Gasteiger partial charge in [0.05, 0.1) is 6.61 Å². The second-order valence-electron chi connectivity index (χ2n) is 8.23. The van der Waals surface area contributed by atoms with Crippen LogP contribution in [-0.2, 0) is 11.3 Å². The molecule has 0 saturated heterocycles. The van der Waals surface area contributed by atoms with Crippen molar-refractivity contribution < 1.29 is 14.3 Å². The predicted octanol–water partition coefficient (Wildman–Crippen LogP) is 7.40. The van der Waals surface area contributed by atoms with E-state index < -0.39 is 5.97 Å². The molecule has 4 aromatic rings. The van der Waals surface area contributed by atoms with Crippen LogP contribution in [0.4, 0.5) is 5.00 Å². The number of nitrogens with zero attached hydrogens (tertiary/aromatic N) is 1. The molecule has 0 aliphatic heterocycles. The molecule has 0 aliphatic carbocycles. The lowest BCUT2D eigenvalue weighted by Crippen LogP contribution is -2.19. The molecule has 0 unspecified atom stereocenters. The number of hydrogen-bond acceptors (Lipinski definition) is 4. The van der Waals surface area contributed by atoms with Crippen molar-refractivity contribution in [1.82, 2.24) is 4.57 Å². The lowest BCUT2D eigenvalue weighted by atomic mass is 9.97. The number of aryl methyl sites for hydroxylation is 4. The van der Waals surface area contributed by atoms with E-state index in [2.05, 4.69) is 11.4 Å². The van der Waals surface area contributed by atoms with Crippen LogP contribution in [0.1, 0.15) is 51.4 Å². The third-order valence-corrected chi connectivity index (χ3v) is 7.11. The summed E-state index contributed by atoms with van der Waals surface area (Å²) in [5.41, 5.74) is 6.63. The van der Waals surface area contributed by atoms with Crippen LogP contribution in [0, 0.1) is 20.8 Å². The number of esters is 1. The van der Waals surface area contributed by atoms with Crippen molar-refractivity contribution in [2.24, 2.45) is 0 Å². The minimum atomic E-state index is -0.450. The Hall–Kier alpha value is -3.09. The summed E-state index contributed by atoms with van der Waals surface area (Å²) in [4.78, 5) is 26.5. The highest BCUT2D eigenvalue weighted by Gasteiger charge is 2.26. The summed E-state index contributed by atoms with van der Waals surface area (Å²) in [7, 11) is 0. The van der Waals surface area contributed by atoms with Gasteiger partial charge in [-0.05, 0) is 69.5 Å². The van der Waals surface area contributed by atoms with Gasteiger partial charge in [-0.25, -0.2) is 4.79 Å². The Kier molecular flexibility index (Phi) is 6.82. The fraction of sp³-hybridized carbons (Fsp3) is 0.259. The fourth-order valence-corrected chi connectivity index (χ4v) is 5.56. The summed E-state index contributed by atoms with van der Waals surface area (Å²) < 4.78 is 7.34. The molecule has 2 heterocycles. The van der Waals surface area contributed by atoms with Gasteiger partial charge in [-0.2, -0.15) is 0 Å². The Morgan fingerprint density at radius 3 is 2.50 bits per heavy atom. The van der Waals surface area contributed by atoms with Crippen molar-refractivity contribution in [2.75, 3.05) is 11.9 Å². The Morgan fingerprint density at radius 1 is 1.06 bits per heavy atom. The molecule has 5 nitrogen and oxygen atoms in total. The molecule has 0 fully saturated rings. The zero-order valence-electron chi connectivity index (χ0n) is 19.9. The summed E-state index contributed by atoms with van der Waals surface area (Å²) in [6.45, 7) is 10.6. The minimum absolute atomic E-state index is 0.248. The SMILES string of the molecule is CCOC(=O)c1c(-c2ccc(C)cc2C)csc1NC(=O)c1c(C)c2cc(Cl)ccc2n1CC. The van der Waals surface area contributed by atoms with E-state index in [0.29, 0.717) is 27.8 Å². The average Bonchev–Trinajstić information content (AvgIpc) is 3.32. The van der Waals surface area contributed by atoms with Crippen LogP contribution in [0.25, 0.3) is 22.0 Å². The van der Waals surface area contributed by atoms with Crippen molar-refractivity contribution in [3.63, 3.8) is 0 Å². The molecule has 1 N–H and O–H groups in total. The van der Waals surface area contributed by atoms with Gasteiger partial charge >= 0.3 is 5.97 Å². The highest BCUT2D eigenvalue weighted by molar-refractivity contribution is 7.15. The number of rotatable bonds is 6. The smallest absolute Gasteiger partial charge is 0.341 e. The fourth-order valence-electron chi connectivity index (χ4n) is 4.45. The molecule has 0 bridgehead atoms. The number of fused-ring (bicyclic) bond motifs is 1. The number of aromatic nitrogens is 1. The number of hydrogen-bond donors (Lipinski definition) is 1. The second-order valence-corrected chi connectivity index (χ2v) is 9.54. The number of carbonyl (C=O) groups is 2. The summed E-state index contributed by atoms with van der Waals surface area (Å²) >= 11 is 7.54. The van der Waals surface area contributed by atoms with Gasteiger partial charge in [0.1, 0.15) is 16.3 Å². The summed E-state index contributed by atoms with van der Waals surface area (Å²) in [5.74, 6) is -0.722. The van der Waals surface area contributed by atoms with Crippen LogP contribution < -0.4 is 5.32 Å². The molecule has 0 aliphatic rings. The first-order valence-corrected chi connectivity index (χ1v) is 12.5. The lowest BCUT2D eigenvalue weighted by molar-refractivity contribution is 0.0529. The van der Waals surface area contributed by atoms with Crippen molar-refractivity contribution in [1.29, 1.82) is 0 Å². The number of anilines is 1. The molecule has 7 heteroatoms. The highest BCUT2D eigenvalue weighted by Crippen LogP contribution is 2.38. The molecule has 0 radical (unpaired) electrons. The van der Waals surface area contributed by atoms with Gasteiger partial charge in [0, 0.05) is 33.4 Å². The monoisotopic (exact) mass is 494 g/mol. The topological polar surface area (TPSA) is 60.3 Å². The van der Waals surface area contributed by atoms with Crippen molar-refractivity contribution >= 4 is 50.7 Å². The Bertz CT molecular complexity index is 1420. The van der Waals surface area contributed by atoms with Crippen LogP contribution in [0.3, 0.4) is 0 Å². The van der Waals surface area contributed by atoms with E-state index in [1.54, 1.807) is 6.92 Å². The highest BCUT2D eigenvalue weighted by atomic mass is 35.5. The number of amides is 1. The molecule has 0 atom stereocenters. The first kappa shape index (κ1) is 24.0. The van der Waals surface area contributed by atoms with Crippen molar-refractivity contribution in [2.45, 2.75) is 41.2 Å². The number of ether oxygens (including phenoxy) is 1. The molecule has 2 aromatic carbocycles. The summed E-state index contributed by atoms with van der Waals surface area (Å²) in [6.07, 6.45) is 0. The number of carbonyl (C=O) groups excluding carboxylic acids is 2. The number of benzene rings is 2. The average molecular weight is 495 g/mol. The van der Waals surface area contributed by atoms with Crippen LogP contribution in [-0.4, -0.2) is 23.1 Å². The van der Waals surface area contributed by atoms with E-state index >= 15 is 0 Å². The maximum atomic E-state index is 13.5. The van der Waals surface area contributed by atoms with E-state index in [9.17, 15) is 9.59 Å². The van der Waals surface area contributed by atoms with Crippen LogP contribution in [0.15, 0.2) is 41.8 Å². The van der Waals surface area contributed by atoms with Crippen molar-refractivity contribution in [3.8, 4) is 11.1 Å². The maximum absolute atomic E-state index is 13.5. The second kappa shape index (κ2) is 9.65. The Morgan fingerprint density at radius 2 is 1.82 bits per heavy atom. The number of halogens is 1. The molecule has 176 valence electrons. The van der Waals surface area contributed by atoms with E-state index in [0.717, 1.165) is 38.7 Å². The quantitative estimate of drug-likeness (QED) is 0.284. The number of nitrogens with one attached hydrogen (secondary N) is 1. The largest absolute Gasteiger partial charge is 0.462 e. The minimum Gasteiger partial charge on any atom is -0.462 e. The zero-order valence-corrected chi connectivity index (χ0v) is 21.5. The van der Waals surface area contributed by atoms with Gasteiger partial charge in [-0.15, -0.1) is 11.3 Å². The van der Waals surface area contributed by atoms with Gasteiger partial charge in [0.25, 0.3) is 5.91 Å². The normalized spacial score (nSPS) is 11.1. The molecule has 1 amide bonds. The molecule has 4 rings (SSSR count). The van der Waals surface area contributed by atoms with E-state index in [4.69, 9.17) is 16.3 Å². The Labute approximate surface area is 208 Å². The summed E-state index contributed by atoms with van der Waals surface area (Å²) in [6, 6.07) is 11.7.